The molecule has 0 spiro atoms. The summed E-state index contributed by atoms with van der Waals surface area (Å²) in [6.07, 6.45) is 5.06. The van der Waals surface area contributed by atoms with Crippen LogP contribution in [0.25, 0.3) is 0 Å². The average Bonchev–Trinajstić information content (AvgIpc) is 2.30. The first-order chi connectivity index (χ1) is 7.74. The number of rotatable bonds is 6. The van der Waals surface area contributed by atoms with Crippen molar-refractivity contribution in [1.29, 1.82) is 0 Å². The normalized spacial score (nSPS) is 20.8. The van der Waals surface area contributed by atoms with Crippen molar-refractivity contribution in [3.63, 3.8) is 0 Å². The van der Waals surface area contributed by atoms with E-state index in [-0.39, 0.29) is 5.91 Å². The minimum Gasteiger partial charge on any atom is -0.381 e. The second-order valence-electron chi connectivity index (χ2n) is 4.50. The second kappa shape index (κ2) is 8.07. The summed E-state index contributed by atoms with van der Waals surface area (Å²) >= 11 is 3.37. The molecule has 1 aliphatic rings. The summed E-state index contributed by atoms with van der Waals surface area (Å²) in [5, 5.41) is 0.987. The number of halogens is 1. The van der Waals surface area contributed by atoms with Crippen LogP contribution in [0.4, 0.5) is 0 Å². The van der Waals surface area contributed by atoms with Gasteiger partial charge in [-0.3, -0.25) is 4.79 Å². The SMILES string of the molecule is CN(CC1CCCOC1)C(=O)CCCCBr. The van der Waals surface area contributed by atoms with Gasteiger partial charge in [0.1, 0.15) is 0 Å². The first-order valence-electron chi connectivity index (χ1n) is 6.11. The van der Waals surface area contributed by atoms with Crippen LogP contribution < -0.4 is 0 Å². The van der Waals surface area contributed by atoms with E-state index in [4.69, 9.17) is 4.74 Å². The highest BCUT2D eigenvalue weighted by molar-refractivity contribution is 9.09. The van der Waals surface area contributed by atoms with Gasteiger partial charge in [0.2, 0.25) is 5.91 Å². The monoisotopic (exact) mass is 291 g/mol. The molecule has 1 heterocycles. The topological polar surface area (TPSA) is 29.5 Å². The lowest BCUT2D eigenvalue weighted by atomic mass is 10.0. The third kappa shape index (κ3) is 5.30. The minimum absolute atomic E-state index is 0.270. The van der Waals surface area contributed by atoms with Crippen molar-refractivity contribution in [2.45, 2.75) is 32.1 Å². The van der Waals surface area contributed by atoms with E-state index in [1.165, 1.54) is 6.42 Å². The number of amides is 1. The number of nitrogens with zero attached hydrogens (tertiary/aromatic N) is 1. The summed E-state index contributed by atoms with van der Waals surface area (Å²) in [6, 6.07) is 0. The predicted octanol–water partition coefficient (Wildman–Crippen LogP) is 2.44. The molecule has 1 unspecified atom stereocenters. The van der Waals surface area contributed by atoms with E-state index < -0.39 is 0 Å². The Morgan fingerprint density at radius 1 is 1.50 bits per heavy atom. The summed E-state index contributed by atoms with van der Waals surface area (Å²) in [5.74, 6) is 0.811. The molecule has 3 nitrogen and oxygen atoms in total. The molecule has 4 heteroatoms. The van der Waals surface area contributed by atoms with E-state index in [9.17, 15) is 4.79 Å². The quantitative estimate of drug-likeness (QED) is 0.556. The van der Waals surface area contributed by atoms with Gasteiger partial charge in [-0.25, -0.2) is 0 Å². The van der Waals surface area contributed by atoms with Gasteiger partial charge in [-0.05, 0) is 31.6 Å². The summed E-state index contributed by atoms with van der Waals surface area (Å²) in [5.41, 5.74) is 0. The Bertz CT molecular complexity index is 205. The van der Waals surface area contributed by atoms with Crippen molar-refractivity contribution in [1.82, 2.24) is 4.90 Å². The fourth-order valence-electron chi connectivity index (χ4n) is 2.00. The summed E-state index contributed by atoms with van der Waals surface area (Å²) in [7, 11) is 1.91. The van der Waals surface area contributed by atoms with Gasteiger partial charge in [0.25, 0.3) is 0 Å². The Balaban J connectivity index is 2.16. The Morgan fingerprint density at radius 2 is 2.31 bits per heavy atom. The smallest absolute Gasteiger partial charge is 0.222 e. The number of carbonyl (C=O) groups excluding carboxylic acids is 1. The molecule has 0 aliphatic carbocycles. The fraction of sp³-hybridized carbons (Fsp3) is 0.917. The van der Waals surface area contributed by atoms with Crippen LogP contribution in [0.3, 0.4) is 0 Å². The van der Waals surface area contributed by atoms with E-state index in [0.29, 0.717) is 12.3 Å². The number of hydrogen-bond acceptors (Lipinski definition) is 2. The Kier molecular flexibility index (Phi) is 7.05. The Hall–Kier alpha value is -0.0900. The maximum Gasteiger partial charge on any atom is 0.222 e. The zero-order valence-electron chi connectivity index (χ0n) is 10.1. The number of hydrogen-bond donors (Lipinski definition) is 0. The van der Waals surface area contributed by atoms with Crippen molar-refractivity contribution in [2.75, 3.05) is 32.1 Å². The molecule has 0 aromatic carbocycles. The molecule has 0 radical (unpaired) electrons. The van der Waals surface area contributed by atoms with Crippen LogP contribution in [0.15, 0.2) is 0 Å². The van der Waals surface area contributed by atoms with Crippen molar-refractivity contribution in [3.8, 4) is 0 Å². The van der Waals surface area contributed by atoms with Crippen molar-refractivity contribution >= 4 is 21.8 Å². The van der Waals surface area contributed by atoms with Crippen molar-refractivity contribution in [3.05, 3.63) is 0 Å². The number of alkyl halides is 1. The van der Waals surface area contributed by atoms with Gasteiger partial charge >= 0.3 is 0 Å². The van der Waals surface area contributed by atoms with Crippen molar-refractivity contribution in [2.24, 2.45) is 5.92 Å². The first kappa shape index (κ1) is 14.0. The maximum absolute atomic E-state index is 11.8. The van der Waals surface area contributed by atoms with Gasteiger partial charge in [-0.15, -0.1) is 0 Å². The lowest BCUT2D eigenvalue weighted by Crippen LogP contribution is -2.34. The van der Waals surface area contributed by atoms with Gasteiger partial charge in [-0.2, -0.15) is 0 Å². The molecule has 1 atom stereocenters. The molecule has 0 aromatic heterocycles. The van der Waals surface area contributed by atoms with Crippen LogP contribution in [0.2, 0.25) is 0 Å². The molecule has 0 bridgehead atoms. The van der Waals surface area contributed by atoms with Crippen LogP contribution in [0.5, 0.6) is 0 Å². The molecule has 1 fully saturated rings. The van der Waals surface area contributed by atoms with Gasteiger partial charge < -0.3 is 9.64 Å². The highest BCUT2D eigenvalue weighted by Crippen LogP contribution is 2.15. The van der Waals surface area contributed by atoms with E-state index in [2.05, 4.69) is 15.9 Å². The average molecular weight is 292 g/mol. The molecule has 1 aliphatic heterocycles. The van der Waals surface area contributed by atoms with Gasteiger partial charge in [0.15, 0.2) is 0 Å². The molecule has 94 valence electrons. The zero-order chi connectivity index (χ0) is 11.8. The molecule has 1 amide bonds. The number of ether oxygens (including phenoxy) is 1. The van der Waals surface area contributed by atoms with Crippen LogP contribution in [-0.4, -0.2) is 42.9 Å². The lowest BCUT2D eigenvalue weighted by Gasteiger charge is -2.27. The van der Waals surface area contributed by atoms with Gasteiger partial charge in [-0.1, -0.05) is 15.9 Å². The largest absolute Gasteiger partial charge is 0.381 e. The summed E-state index contributed by atoms with van der Waals surface area (Å²) in [6.45, 7) is 2.56. The first-order valence-corrected chi connectivity index (χ1v) is 7.24. The van der Waals surface area contributed by atoms with Crippen LogP contribution in [0, 0.1) is 5.92 Å². The summed E-state index contributed by atoms with van der Waals surface area (Å²) < 4.78 is 5.42. The highest BCUT2D eigenvalue weighted by atomic mass is 79.9. The number of carbonyl (C=O) groups is 1. The summed E-state index contributed by atoms with van der Waals surface area (Å²) in [4.78, 5) is 13.6. The predicted molar refractivity (Wildman–Crippen MR) is 68.8 cm³/mol. The van der Waals surface area contributed by atoms with Gasteiger partial charge in [0.05, 0.1) is 6.61 Å². The molecule has 0 aromatic rings. The van der Waals surface area contributed by atoms with Crippen LogP contribution in [-0.2, 0) is 9.53 Å². The van der Waals surface area contributed by atoms with Crippen LogP contribution >= 0.6 is 15.9 Å². The molecular formula is C12H22BrNO2. The molecule has 1 rings (SSSR count). The molecule has 0 saturated carbocycles. The third-order valence-electron chi connectivity index (χ3n) is 2.99. The third-order valence-corrected chi connectivity index (χ3v) is 3.55. The van der Waals surface area contributed by atoms with E-state index in [0.717, 1.165) is 44.4 Å². The lowest BCUT2D eigenvalue weighted by molar-refractivity contribution is -0.131. The number of unbranched alkanes of at least 4 members (excludes halogenated alkanes) is 1. The van der Waals surface area contributed by atoms with Crippen molar-refractivity contribution < 1.29 is 9.53 Å². The Labute approximate surface area is 107 Å². The highest BCUT2D eigenvalue weighted by Gasteiger charge is 2.18. The molecule has 0 N–H and O–H groups in total. The maximum atomic E-state index is 11.8. The Morgan fingerprint density at radius 3 is 2.94 bits per heavy atom. The van der Waals surface area contributed by atoms with Crippen LogP contribution in [0.1, 0.15) is 32.1 Å². The van der Waals surface area contributed by atoms with Gasteiger partial charge in [0, 0.05) is 32.0 Å². The fourth-order valence-corrected chi connectivity index (χ4v) is 2.40. The van der Waals surface area contributed by atoms with E-state index in [1.807, 2.05) is 11.9 Å². The van der Waals surface area contributed by atoms with E-state index >= 15 is 0 Å². The molecular weight excluding hydrogens is 270 g/mol. The zero-order valence-corrected chi connectivity index (χ0v) is 11.7. The minimum atomic E-state index is 0.270. The second-order valence-corrected chi connectivity index (χ2v) is 5.30. The molecule has 1 saturated heterocycles. The molecule has 16 heavy (non-hydrogen) atoms. The standard InChI is InChI=1S/C12H22BrNO2/c1-14(12(15)6-2-3-7-13)9-11-5-4-8-16-10-11/h11H,2-10H2,1H3. The van der Waals surface area contributed by atoms with E-state index in [1.54, 1.807) is 0 Å².